The van der Waals surface area contributed by atoms with Crippen LogP contribution in [0.3, 0.4) is 0 Å². The lowest BCUT2D eigenvalue weighted by Gasteiger charge is -2.26. The van der Waals surface area contributed by atoms with Gasteiger partial charge in [-0.05, 0) is 19.4 Å². The maximum absolute atomic E-state index is 11.8. The molecule has 3 unspecified atom stereocenters. The number of methoxy groups -OCH3 is 1. The fraction of sp³-hybridized carbons (Fsp3) is 0.800. The van der Waals surface area contributed by atoms with E-state index in [9.17, 15) is 4.79 Å². The molecule has 0 radical (unpaired) electrons. The zero-order chi connectivity index (χ0) is 14.3. The molecule has 4 nitrogen and oxygen atoms in total. The molecule has 0 aromatic carbocycles. The molecule has 0 saturated carbocycles. The summed E-state index contributed by atoms with van der Waals surface area (Å²) in [5, 5.41) is 0. The predicted octanol–water partition coefficient (Wildman–Crippen LogP) is 3.21. The molecule has 3 atom stereocenters. The van der Waals surface area contributed by atoms with Gasteiger partial charge in [0, 0.05) is 0 Å². The standard InChI is InChI=1S/C15H26O4/c1-5-7-8-9-10-11-15(3)13(14(16)17-4)18-12(6-2)19-15/h6,12-13H,2,5,7-11H2,1,3-4H3. The van der Waals surface area contributed by atoms with Crippen molar-refractivity contribution in [3.63, 3.8) is 0 Å². The quantitative estimate of drug-likeness (QED) is 0.386. The molecule has 1 saturated heterocycles. The maximum atomic E-state index is 11.8. The van der Waals surface area contributed by atoms with Gasteiger partial charge in [-0.2, -0.15) is 0 Å². The molecule has 1 heterocycles. The third kappa shape index (κ3) is 4.32. The second kappa shape index (κ2) is 7.65. The van der Waals surface area contributed by atoms with E-state index < -0.39 is 18.0 Å². The predicted molar refractivity (Wildman–Crippen MR) is 73.7 cm³/mol. The van der Waals surface area contributed by atoms with E-state index in [-0.39, 0.29) is 5.97 Å². The van der Waals surface area contributed by atoms with Gasteiger partial charge in [-0.25, -0.2) is 4.79 Å². The van der Waals surface area contributed by atoms with E-state index in [4.69, 9.17) is 14.2 Å². The van der Waals surface area contributed by atoms with E-state index in [0.29, 0.717) is 0 Å². The Kier molecular flexibility index (Phi) is 6.52. The fourth-order valence-electron chi connectivity index (χ4n) is 2.42. The van der Waals surface area contributed by atoms with Crippen LogP contribution in [0.25, 0.3) is 0 Å². The summed E-state index contributed by atoms with van der Waals surface area (Å²) < 4.78 is 16.1. The summed E-state index contributed by atoms with van der Waals surface area (Å²) in [6.07, 6.45) is 7.05. The molecule has 1 rings (SSSR count). The Morgan fingerprint density at radius 1 is 1.37 bits per heavy atom. The molecule has 0 N–H and O–H groups in total. The number of carbonyl (C=O) groups is 1. The number of ether oxygens (including phenoxy) is 3. The third-order valence-corrected chi connectivity index (χ3v) is 3.59. The zero-order valence-electron chi connectivity index (χ0n) is 12.3. The lowest BCUT2D eigenvalue weighted by Crippen LogP contribution is -2.42. The first-order valence-corrected chi connectivity index (χ1v) is 7.11. The molecule has 0 amide bonds. The normalized spacial score (nSPS) is 30.3. The van der Waals surface area contributed by atoms with E-state index >= 15 is 0 Å². The van der Waals surface area contributed by atoms with Crippen LogP contribution in [-0.2, 0) is 19.0 Å². The summed E-state index contributed by atoms with van der Waals surface area (Å²) >= 11 is 0. The van der Waals surface area contributed by atoms with Gasteiger partial charge >= 0.3 is 5.97 Å². The highest BCUT2D eigenvalue weighted by Crippen LogP contribution is 2.35. The van der Waals surface area contributed by atoms with Crippen molar-refractivity contribution in [2.45, 2.75) is 70.4 Å². The summed E-state index contributed by atoms with van der Waals surface area (Å²) in [5.74, 6) is -0.375. The Bertz CT molecular complexity index is 303. The van der Waals surface area contributed by atoms with Crippen LogP contribution in [0.2, 0.25) is 0 Å². The van der Waals surface area contributed by atoms with Crippen molar-refractivity contribution in [3.05, 3.63) is 12.7 Å². The number of hydrogen-bond acceptors (Lipinski definition) is 4. The molecule has 19 heavy (non-hydrogen) atoms. The topological polar surface area (TPSA) is 44.8 Å². The first-order valence-electron chi connectivity index (χ1n) is 7.11. The smallest absolute Gasteiger partial charge is 0.338 e. The van der Waals surface area contributed by atoms with Crippen molar-refractivity contribution in [2.24, 2.45) is 0 Å². The zero-order valence-corrected chi connectivity index (χ0v) is 12.3. The largest absolute Gasteiger partial charge is 0.467 e. The Morgan fingerprint density at radius 3 is 2.63 bits per heavy atom. The van der Waals surface area contributed by atoms with Crippen molar-refractivity contribution in [1.82, 2.24) is 0 Å². The summed E-state index contributed by atoms with van der Waals surface area (Å²) in [7, 11) is 1.37. The third-order valence-electron chi connectivity index (χ3n) is 3.59. The average Bonchev–Trinajstić information content (AvgIpc) is 2.75. The van der Waals surface area contributed by atoms with Crippen molar-refractivity contribution in [2.75, 3.05) is 7.11 Å². The van der Waals surface area contributed by atoms with Crippen LogP contribution in [0.5, 0.6) is 0 Å². The molecule has 0 bridgehead atoms. The Balaban J connectivity index is 2.53. The highest BCUT2D eigenvalue weighted by Gasteiger charge is 2.49. The van der Waals surface area contributed by atoms with Crippen LogP contribution in [0.1, 0.15) is 52.4 Å². The monoisotopic (exact) mass is 270 g/mol. The maximum Gasteiger partial charge on any atom is 0.338 e. The second-order valence-electron chi connectivity index (χ2n) is 5.24. The van der Waals surface area contributed by atoms with E-state index in [1.54, 1.807) is 6.08 Å². The highest BCUT2D eigenvalue weighted by atomic mass is 16.7. The SMILES string of the molecule is C=CC1OC(C(=O)OC)C(C)(CCCCCCC)O1. The molecule has 0 aliphatic carbocycles. The number of hydrogen-bond donors (Lipinski definition) is 0. The molecule has 4 heteroatoms. The van der Waals surface area contributed by atoms with Gasteiger partial charge in [-0.3, -0.25) is 0 Å². The van der Waals surface area contributed by atoms with Crippen molar-refractivity contribution >= 4 is 5.97 Å². The first-order chi connectivity index (χ1) is 9.07. The number of carbonyl (C=O) groups excluding carboxylic acids is 1. The molecule has 0 aromatic rings. The Hall–Kier alpha value is -0.870. The second-order valence-corrected chi connectivity index (χ2v) is 5.24. The van der Waals surface area contributed by atoms with E-state index in [1.807, 2.05) is 6.92 Å². The lowest BCUT2D eigenvalue weighted by atomic mass is 9.92. The van der Waals surface area contributed by atoms with Crippen molar-refractivity contribution in [3.8, 4) is 0 Å². The van der Waals surface area contributed by atoms with E-state index in [1.165, 1.54) is 26.4 Å². The van der Waals surface area contributed by atoms with E-state index in [0.717, 1.165) is 19.3 Å². The molecule has 0 spiro atoms. The van der Waals surface area contributed by atoms with Gasteiger partial charge in [-0.1, -0.05) is 45.6 Å². The van der Waals surface area contributed by atoms with Gasteiger partial charge in [0.1, 0.15) is 5.60 Å². The number of rotatable bonds is 8. The number of esters is 1. The van der Waals surface area contributed by atoms with Gasteiger partial charge in [0.25, 0.3) is 0 Å². The van der Waals surface area contributed by atoms with Gasteiger partial charge in [0.2, 0.25) is 0 Å². The van der Waals surface area contributed by atoms with Gasteiger partial charge < -0.3 is 14.2 Å². The Labute approximate surface area is 116 Å². The molecular formula is C15H26O4. The van der Waals surface area contributed by atoms with Crippen LogP contribution < -0.4 is 0 Å². The van der Waals surface area contributed by atoms with Gasteiger partial charge in [-0.15, -0.1) is 0 Å². The minimum Gasteiger partial charge on any atom is -0.467 e. The fourth-order valence-corrected chi connectivity index (χ4v) is 2.42. The van der Waals surface area contributed by atoms with Gasteiger partial charge in [0.15, 0.2) is 12.4 Å². The van der Waals surface area contributed by atoms with Crippen LogP contribution >= 0.6 is 0 Å². The number of unbranched alkanes of at least 4 members (excludes halogenated alkanes) is 4. The molecule has 1 aliphatic rings. The van der Waals surface area contributed by atoms with Crippen LogP contribution in [-0.4, -0.2) is 31.1 Å². The minimum atomic E-state index is -0.660. The van der Waals surface area contributed by atoms with Crippen molar-refractivity contribution < 1.29 is 19.0 Å². The first kappa shape index (κ1) is 16.2. The summed E-state index contributed by atoms with van der Waals surface area (Å²) in [6, 6.07) is 0. The molecule has 0 aromatic heterocycles. The molecular weight excluding hydrogens is 244 g/mol. The van der Waals surface area contributed by atoms with Crippen LogP contribution in [0.4, 0.5) is 0 Å². The van der Waals surface area contributed by atoms with Crippen molar-refractivity contribution in [1.29, 1.82) is 0 Å². The van der Waals surface area contributed by atoms with Crippen LogP contribution in [0, 0.1) is 0 Å². The average molecular weight is 270 g/mol. The van der Waals surface area contributed by atoms with Gasteiger partial charge in [0.05, 0.1) is 7.11 Å². The van der Waals surface area contributed by atoms with Crippen LogP contribution in [0.15, 0.2) is 12.7 Å². The summed E-state index contributed by atoms with van der Waals surface area (Å²) in [6.45, 7) is 7.75. The Morgan fingerprint density at radius 2 is 2.05 bits per heavy atom. The minimum absolute atomic E-state index is 0.375. The molecule has 1 fully saturated rings. The van der Waals surface area contributed by atoms with E-state index in [2.05, 4.69) is 13.5 Å². The highest BCUT2D eigenvalue weighted by molar-refractivity contribution is 5.76. The summed E-state index contributed by atoms with van der Waals surface area (Å²) in [5.41, 5.74) is -0.613. The molecule has 1 aliphatic heterocycles. The molecule has 110 valence electrons. The lowest BCUT2D eigenvalue weighted by molar-refractivity contribution is -0.154. The summed E-state index contributed by atoms with van der Waals surface area (Å²) in [4.78, 5) is 11.8.